The molecule has 1 N–H and O–H groups in total. The highest BCUT2D eigenvalue weighted by atomic mass is 16.4. The van der Waals surface area contributed by atoms with Crippen molar-refractivity contribution in [3.63, 3.8) is 0 Å². The van der Waals surface area contributed by atoms with Crippen molar-refractivity contribution in [1.82, 2.24) is 19.7 Å². The fourth-order valence-electron chi connectivity index (χ4n) is 3.86. The lowest BCUT2D eigenvalue weighted by Gasteiger charge is -2.32. The summed E-state index contributed by atoms with van der Waals surface area (Å²) in [6, 6.07) is 0.0527. The Kier molecular flexibility index (Phi) is 3.74. The van der Waals surface area contributed by atoms with Crippen LogP contribution in [0.25, 0.3) is 0 Å². The number of likely N-dealkylation sites (tertiary alicyclic amines) is 1. The van der Waals surface area contributed by atoms with Crippen LogP contribution in [0.2, 0.25) is 0 Å². The lowest BCUT2D eigenvalue weighted by Crippen LogP contribution is -2.42. The van der Waals surface area contributed by atoms with Crippen LogP contribution < -0.4 is 0 Å². The van der Waals surface area contributed by atoms with Crippen LogP contribution >= 0.6 is 0 Å². The van der Waals surface area contributed by atoms with E-state index >= 15 is 0 Å². The Morgan fingerprint density at radius 2 is 2.25 bits per heavy atom. The maximum Gasteiger partial charge on any atom is 0.320 e. The molecule has 0 bridgehead atoms. The van der Waals surface area contributed by atoms with E-state index < -0.39 is 5.97 Å². The Morgan fingerprint density at radius 3 is 3.00 bits per heavy atom. The molecule has 1 aromatic heterocycles. The van der Waals surface area contributed by atoms with Crippen molar-refractivity contribution in [1.29, 1.82) is 0 Å². The van der Waals surface area contributed by atoms with Crippen molar-refractivity contribution in [3.05, 3.63) is 12.2 Å². The Bertz CT molecular complexity index is 487. The summed E-state index contributed by atoms with van der Waals surface area (Å²) in [7, 11) is 0. The molecule has 6 heteroatoms. The average Bonchev–Trinajstić information content (AvgIpc) is 3.04. The molecule has 0 amide bonds. The molecule has 0 radical (unpaired) electrons. The zero-order valence-electron chi connectivity index (χ0n) is 11.9. The van der Waals surface area contributed by atoms with Gasteiger partial charge in [-0.05, 0) is 32.1 Å². The number of hydrogen-bond acceptors (Lipinski definition) is 4. The van der Waals surface area contributed by atoms with Crippen LogP contribution in [0.3, 0.4) is 0 Å². The van der Waals surface area contributed by atoms with E-state index in [1.807, 2.05) is 11.6 Å². The summed E-state index contributed by atoms with van der Waals surface area (Å²) in [6.07, 6.45) is 7.10. The third kappa shape index (κ3) is 2.32. The number of hydrogen-bond donors (Lipinski definition) is 1. The first-order chi connectivity index (χ1) is 9.70. The summed E-state index contributed by atoms with van der Waals surface area (Å²) in [5.41, 5.74) is 0. The summed E-state index contributed by atoms with van der Waals surface area (Å²) < 4.78 is 1.86. The van der Waals surface area contributed by atoms with Crippen molar-refractivity contribution in [3.8, 4) is 0 Å². The Morgan fingerprint density at radius 1 is 1.45 bits per heavy atom. The van der Waals surface area contributed by atoms with Crippen LogP contribution in [0.1, 0.15) is 44.9 Å². The Hall–Kier alpha value is -1.43. The second-order valence-electron chi connectivity index (χ2n) is 5.87. The molecule has 1 aliphatic carbocycles. The maximum absolute atomic E-state index is 11.6. The highest BCUT2D eigenvalue weighted by Crippen LogP contribution is 2.40. The molecular formula is C14H22N4O2. The highest BCUT2D eigenvalue weighted by molar-refractivity contribution is 5.74. The van der Waals surface area contributed by atoms with Crippen LogP contribution in [0.15, 0.2) is 6.33 Å². The maximum atomic E-state index is 11.6. The van der Waals surface area contributed by atoms with E-state index in [0.29, 0.717) is 18.5 Å². The molecule has 0 aromatic carbocycles. The lowest BCUT2D eigenvalue weighted by atomic mass is 9.85. The molecule has 2 heterocycles. The zero-order chi connectivity index (χ0) is 14.1. The van der Waals surface area contributed by atoms with E-state index in [9.17, 15) is 9.90 Å². The van der Waals surface area contributed by atoms with Crippen LogP contribution in [0.5, 0.6) is 0 Å². The fourth-order valence-corrected chi connectivity index (χ4v) is 3.86. The summed E-state index contributed by atoms with van der Waals surface area (Å²) in [6.45, 7) is 3.40. The number of aryl methyl sites for hydroxylation is 1. The van der Waals surface area contributed by atoms with Gasteiger partial charge in [-0.25, -0.2) is 9.67 Å². The number of nitrogens with zero attached hydrogens (tertiary/aromatic N) is 4. The van der Waals surface area contributed by atoms with Crippen molar-refractivity contribution in [2.24, 2.45) is 5.92 Å². The van der Waals surface area contributed by atoms with Crippen molar-refractivity contribution in [2.75, 3.05) is 0 Å². The van der Waals surface area contributed by atoms with Crippen molar-refractivity contribution < 1.29 is 9.90 Å². The van der Waals surface area contributed by atoms with Crippen molar-refractivity contribution in [2.45, 2.75) is 64.2 Å². The van der Waals surface area contributed by atoms with Gasteiger partial charge in [0.2, 0.25) is 0 Å². The summed E-state index contributed by atoms with van der Waals surface area (Å²) in [5, 5.41) is 13.7. The molecule has 2 aliphatic rings. The van der Waals surface area contributed by atoms with E-state index in [-0.39, 0.29) is 6.04 Å². The minimum atomic E-state index is -0.693. The Labute approximate surface area is 118 Å². The SMILES string of the molecule is CCn1ncnc1CN1C(C(=O)O)CC2CCCCC21. The van der Waals surface area contributed by atoms with E-state index in [4.69, 9.17) is 0 Å². The van der Waals surface area contributed by atoms with E-state index in [2.05, 4.69) is 15.0 Å². The molecule has 3 rings (SSSR count). The molecule has 1 saturated carbocycles. The summed E-state index contributed by atoms with van der Waals surface area (Å²) in [5.74, 6) is 0.731. The molecular weight excluding hydrogens is 256 g/mol. The molecule has 0 spiro atoms. The van der Waals surface area contributed by atoms with Gasteiger partial charge in [0.25, 0.3) is 0 Å². The van der Waals surface area contributed by atoms with Gasteiger partial charge >= 0.3 is 5.97 Å². The summed E-state index contributed by atoms with van der Waals surface area (Å²) >= 11 is 0. The van der Waals surface area contributed by atoms with Gasteiger partial charge in [-0.15, -0.1) is 0 Å². The zero-order valence-corrected chi connectivity index (χ0v) is 11.9. The molecule has 3 atom stereocenters. The largest absolute Gasteiger partial charge is 0.480 e. The number of carboxylic acids is 1. The molecule has 3 unspecified atom stereocenters. The van der Waals surface area contributed by atoms with Gasteiger partial charge in [0.1, 0.15) is 18.2 Å². The standard InChI is InChI=1S/C14H22N4O2/c1-2-18-13(15-9-16-18)8-17-11-6-4-3-5-10(11)7-12(17)14(19)20/h9-12H,2-8H2,1H3,(H,19,20). The van der Waals surface area contributed by atoms with Crippen LogP contribution in [0.4, 0.5) is 0 Å². The summed E-state index contributed by atoms with van der Waals surface area (Å²) in [4.78, 5) is 18.0. The highest BCUT2D eigenvalue weighted by Gasteiger charge is 2.45. The predicted molar refractivity (Wildman–Crippen MR) is 73.0 cm³/mol. The third-order valence-electron chi connectivity index (χ3n) is 4.83. The first-order valence-corrected chi connectivity index (χ1v) is 7.56. The van der Waals surface area contributed by atoms with E-state index in [0.717, 1.165) is 25.2 Å². The second-order valence-corrected chi connectivity index (χ2v) is 5.87. The number of fused-ring (bicyclic) bond motifs is 1. The topological polar surface area (TPSA) is 71.2 Å². The number of aliphatic carboxylic acids is 1. The third-order valence-corrected chi connectivity index (χ3v) is 4.83. The minimum absolute atomic E-state index is 0.356. The van der Waals surface area contributed by atoms with Gasteiger partial charge in [0.15, 0.2) is 0 Å². The van der Waals surface area contributed by atoms with Crippen LogP contribution in [0, 0.1) is 5.92 Å². The quantitative estimate of drug-likeness (QED) is 0.904. The number of carbonyl (C=O) groups is 1. The van der Waals surface area contributed by atoms with Crippen molar-refractivity contribution >= 4 is 5.97 Å². The number of carboxylic acid groups (broad SMARTS) is 1. The fraction of sp³-hybridized carbons (Fsp3) is 0.786. The van der Waals surface area contributed by atoms with Gasteiger partial charge < -0.3 is 5.11 Å². The molecule has 2 fully saturated rings. The molecule has 6 nitrogen and oxygen atoms in total. The number of rotatable bonds is 4. The molecule has 110 valence electrons. The monoisotopic (exact) mass is 278 g/mol. The lowest BCUT2D eigenvalue weighted by molar-refractivity contribution is -0.143. The van der Waals surface area contributed by atoms with Gasteiger partial charge in [-0.3, -0.25) is 9.69 Å². The molecule has 1 saturated heterocycles. The number of aromatic nitrogens is 3. The average molecular weight is 278 g/mol. The van der Waals surface area contributed by atoms with Gasteiger partial charge in [-0.2, -0.15) is 5.10 Å². The predicted octanol–water partition coefficient (Wildman–Crippen LogP) is 1.52. The molecule has 1 aliphatic heterocycles. The van der Waals surface area contributed by atoms with E-state index in [1.54, 1.807) is 6.33 Å². The smallest absolute Gasteiger partial charge is 0.320 e. The molecule has 20 heavy (non-hydrogen) atoms. The van der Waals surface area contributed by atoms with Crippen LogP contribution in [-0.2, 0) is 17.9 Å². The molecule has 1 aromatic rings. The first kappa shape index (κ1) is 13.5. The van der Waals surface area contributed by atoms with Crippen LogP contribution in [-0.4, -0.2) is 42.8 Å². The minimum Gasteiger partial charge on any atom is -0.480 e. The normalized spacial score (nSPS) is 30.4. The Balaban J connectivity index is 1.82. The van der Waals surface area contributed by atoms with Gasteiger partial charge in [-0.1, -0.05) is 12.8 Å². The van der Waals surface area contributed by atoms with Gasteiger partial charge in [0.05, 0.1) is 6.54 Å². The van der Waals surface area contributed by atoms with Gasteiger partial charge in [0, 0.05) is 12.6 Å². The second kappa shape index (κ2) is 5.52. The van der Waals surface area contributed by atoms with E-state index in [1.165, 1.54) is 19.3 Å². The first-order valence-electron chi connectivity index (χ1n) is 7.56.